The molecule has 2 aromatic heterocycles. The van der Waals surface area contributed by atoms with Crippen molar-refractivity contribution in [3.63, 3.8) is 0 Å². The second-order valence-corrected chi connectivity index (χ2v) is 7.69. The van der Waals surface area contributed by atoms with E-state index >= 15 is 0 Å². The van der Waals surface area contributed by atoms with Gasteiger partial charge in [0.15, 0.2) is 9.84 Å². The molecule has 0 aliphatic rings. The number of nitrogens with one attached hydrogen (secondary N) is 1. The molecule has 0 aliphatic carbocycles. The van der Waals surface area contributed by atoms with E-state index in [4.69, 9.17) is 0 Å². The Hall–Kier alpha value is -2.34. The van der Waals surface area contributed by atoms with E-state index in [1.165, 1.54) is 0 Å². The molecular formula is C17H19N3O2S. The Labute approximate surface area is 135 Å². The van der Waals surface area contributed by atoms with Crippen molar-refractivity contribution >= 4 is 21.2 Å². The fourth-order valence-corrected chi connectivity index (χ4v) is 3.37. The number of benzene rings is 1. The van der Waals surface area contributed by atoms with Crippen molar-refractivity contribution in [2.24, 2.45) is 0 Å². The molecule has 0 spiro atoms. The number of anilines is 1. The number of imidazole rings is 1. The lowest BCUT2D eigenvalue weighted by Crippen LogP contribution is -2.05. The molecule has 3 rings (SSSR count). The summed E-state index contributed by atoms with van der Waals surface area (Å²) in [5, 5.41) is 3.24. The average molecular weight is 329 g/mol. The number of sulfone groups is 1. The number of nitrogens with zero attached hydrogens (tertiary/aromatic N) is 2. The number of hydrogen-bond acceptors (Lipinski definition) is 4. The number of hydrogen-bond donors (Lipinski definition) is 1. The van der Waals surface area contributed by atoms with Gasteiger partial charge in [-0.05, 0) is 37.3 Å². The first kappa shape index (κ1) is 15.6. The number of aryl methyl sites for hydroxylation is 1. The van der Waals surface area contributed by atoms with Crippen molar-refractivity contribution in [3.05, 3.63) is 60.0 Å². The maximum absolute atomic E-state index is 11.9. The van der Waals surface area contributed by atoms with Gasteiger partial charge >= 0.3 is 0 Å². The zero-order valence-corrected chi connectivity index (χ0v) is 14.0. The molecule has 6 heteroatoms. The van der Waals surface area contributed by atoms with Gasteiger partial charge < -0.3 is 9.72 Å². The Balaban J connectivity index is 1.80. The van der Waals surface area contributed by atoms with Crippen molar-refractivity contribution in [3.8, 4) is 0 Å². The molecule has 0 saturated heterocycles. The van der Waals surface area contributed by atoms with Gasteiger partial charge in [0.1, 0.15) is 5.65 Å². The lowest BCUT2D eigenvalue weighted by molar-refractivity contribution is 0.597. The van der Waals surface area contributed by atoms with Crippen LogP contribution >= 0.6 is 0 Å². The zero-order valence-electron chi connectivity index (χ0n) is 13.2. The standard InChI is InChI=1S/C17H19N3O2S/c1-3-23(21,22)16-8-5-7-14(10-16)18-11-15-12-20-13(2)6-4-9-17(20)19-15/h4-10,12,18H,3,11H2,1-2H3. The van der Waals surface area contributed by atoms with Gasteiger partial charge in [-0.15, -0.1) is 0 Å². The van der Waals surface area contributed by atoms with Crippen molar-refractivity contribution < 1.29 is 8.42 Å². The number of rotatable bonds is 5. The van der Waals surface area contributed by atoms with Gasteiger partial charge in [-0.1, -0.05) is 19.1 Å². The molecule has 0 amide bonds. The summed E-state index contributed by atoms with van der Waals surface area (Å²) in [6.45, 7) is 4.22. The molecule has 0 unspecified atom stereocenters. The van der Waals surface area contributed by atoms with E-state index in [-0.39, 0.29) is 5.75 Å². The zero-order chi connectivity index (χ0) is 16.4. The summed E-state index contributed by atoms with van der Waals surface area (Å²) in [6.07, 6.45) is 1.99. The van der Waals surface area contributed by atoms with Crippen LogP contribution in [0.2, 0.25) is 0 Å². The van der Waals surface area contributed by atoms with Crippen LogP contribution in [0.5, 0.6) is 0 Å². The smallest absolute Gasteiger partial charge is 0.178 e. The van der Waals surface area contributed by atoms with Crippen LogP contribution in [0.25, 0.3) is 5.65 Å². The third-order valence-electron chi connectivity index (χ3n) is 3.79. The first-order valence-electron chi connectivity index (χ1n) is 7.50. The van der Waals surface area contributed by atoms with Crippen LogP contribution in [0.1, 0.15) is 18.3 Å². The predicted molar refractivity (Wildman–Crippen MR) is 91.4 cm³/mol. The molecule has 0 radical (unpaired) electrons. The second-order valence-electron chi connectivity index (χ2n) is 5.41. The van der Waals surface area contributed by atoms with Gasteiger partial charge in [0.05, 0.1) is 22.9 Å². The summed E-state index contributed by atoms with van der Waals surface area (Å²) < 4.78 is 25.9. The van der Waals surface area contributed by atoms with Gasteiger partial charge in [-0.3, -0.25) is 0 Å². The number of fused-ring (bicyclic) bond motifs is 1. The van der Waals surface area contributed by atoms with E-state index in [1.807, 2.05) is 41.8 Å². The minimum absolute atomic E-state index is 0.0994. The highest BCUT2D eigenvalue weighted by Gasteiger charge is 2.11. The van der Waals surface area contributed by atoms with E-state index < -0.39 is 9.84 Å². The van der Waals surface area contributed by atoms with Crippen LogP contribution in [-0.2, 0) is 16.4 Å². The Morgan fingerprint density at radius 3 is 2.70 bits per heavy atom. The Morgan fingerprint density at radius 1 is 1.17 bits per heavy atom. The van der Waals surface area contributed by atoms with Crippen molar-refractivity contribution in [1.29, 1.82) is 0 Å². The molecule has 0 bridgehead atoms. The Kier molecular flexibility index (Phi) is 4.09. The summed E-state index contributed by atoms with van der Waals surface area (Å²) in [4.78, 5) is 4.90. The fraction of sp³-hybridized carbons (Fsp3) is 0.235. The first-order chi connectivity index (χ1) is 11.0. The van der Waals surface area contributed by atoms with Crippen LogP contribution in [0.4, 0.5) is 5.69 Å². The third-order valence-corrected chi connectivity index (χ3v) is 5.52. The molecule has 0 atom stereocenters. The monoisotopic (exact) mass is 329 g/mol. The van der Waals surface area contributed by atoms with E-state index in [1.54, 1.807) is 25.1 Å². The first-order valence-corrected chi connectivity index (χ1v) is 9.15. The topological polar surface area (TPSA) is 63.5 Å². The van der Waals surface area contributed by atoms with E-state index in [2.05, 4.69) is 10.3 Å². The molecular weight excluding hydrogens is 310 g/mol. The van der Waals surface area contributed by atoms with Crippen molar-refractivity contribution in [2.45, 2.75) is 25.3 Å². The minimum atomic E-state index is -3.19. The van der Waals surface area contributed by atoms with Gasteiger partial charge in [-0.25, -0.2) is 13.4 Å². The number of pyridine rings is 1. The molecule has 120 valence electrons. The average Bonchev–Trinajstić information content (AvgIpc) is 2.98. The normalized spacial score (nSPS) is 11.7. The van der Waals surface area contributed by atoms with Crippen LogP contribution in [0.3, 0.4) is 0 Å². The van der Waals surface area contributed by atoms with Gasteiger partial charge in [0.25, 0.3) is 0 Å². The summed E-state index contributed by atoms with van der Waals surface area (Å²) in [5.41, 5.74) is 3.71. The third kappa shape index (κ3) is 3.22. The van der Waals surface area contributed by atoms with Gasteiger partial charge in [0.2, 0.25) is 0 Å². The lowest BCUT2D eigenvalue weighted by atomic mass is 10.3. The SMILES string of the molecule is CCS(=O)(=O)c1cccc(NCc2cn3c(C)cccc3n2)c1. The van der Waals surface area contributed by atoms with Crippen LogP contribution < -0.4 is 5.32 Å². The molecule has 0 fully saturated rings. The molecule has 1 aromatic carbocycles. The predicted octanol–water partition coefficient (Wildman–Crippen LogP) is 3.05. The highest BCUT2D eigenvalue weighted by atomic mass is 32.2. The van der Waals surface area contributed by atoms with Crippen molar-refractivity contribution in [2.75, 3.05) is 11.1 Å². The fourth-order valence-electron chi connectivity index (χ4n) is 2.44. The van der Waals surface area contributed by atoms with Crippen LogP contribution in [0.15, 0.2) is 53.6 Å². The van der Waals surface area contributed by atoms with Crippen molar-refractivity contribution in [1.82, 2.24) is 9.38 Å². The number of aromatic nitrogens is 2. The summed E-state index contributed by atoms with van der Waals surface area (Å²) in [6, 6.07) is 12.9. The van der Waals surface area contributed by atoms with E-state index in [0.29, 0.717) is 11.4 Å². The maximum Gasteiger partial charge on any atom is 0.178 e. The van der Waals surface area contributed by atoms with Crippen LogP contribution in [-0.4, -0.2) is 23.6 Å². The Morgan fingerprint density at radius 2 is 1.96 bits per heavy atom. The second kappa shape index (κ2) is 6.04. The molecule has 0 saturated carbocycles. The van der Waals surface area contributed by atoms with Gasteiger partial charge in [-0.2, -0.15) is 0 Å². The molecule has 0 aliphatic heterocycles. The molecule has 3 aromatic rings. The molecule has 5 nitrogen and oxygen atoms in total. The molecule has 1 N–H and O–H groups in total. The van der Waals surface area contributed by atoms with Gasteiger partial charge in [0, 0.05) is 17.6 Å². The quantitative estimate of drug-likeness (QED) is 0.781. The highest BCUT2D eigenvalue weighted by Crippen LogP contribution is 2.17. The Bertz CT molecular complexity index is 945. The lowest BCUT2D eigenvalue weighted by Gasteiger charge is -2.07. The summed E-state index contributed by atoms with van der Waals surface area (Å²) in [5.74, 6) is 0.0994. The largest absolute Gasteiger partial charge is 0.379 e. The summed E-state index contributed by atoms with van der Waals surface area (Å²) >= 11 is 0. The van der Waals surface area contributed by atoms with E-state index in [9.17, 15) is 8.42 Å². The van der Waals surface area contributed by atoms with E-state index in [0.717, 1.165) is 22.7 Å². The minimum Gasteiger partial charge on any atom is -0.379 e. The summed E-state index contributed by atoms with van der Waals surface area (Å²) in [7, 11) is -3.19. The maximum atomic E-state index is 11.9. The molecule has 2 heterocycles. The highest BCUT2D eigenvalue weighted by molar-refractivity contribution is 7.91. The molecule has 23 heavy (non-hydrogen) atoms. The van der Waals surface area contributed by atoms with Crippen LogP contribution in [0, 0.1) is 6.92 Å².